The summed E-state index contributed by atoms with van der Waals surface area (Å²) in [5, 5.41) is 0. The standard InChI is InChI=1S/C20H29NO4/c1-6-9-10-13-20(18(11-7-2)25-17(5)22)15-21(14-12-16(20)4)19(23)24-8-3/h1,7,18H,2,4,8-15H2,3,5H3. The van der Waals surface area contributed by atoms with Gasteiger partial charge in [0.15, 0.2) is 0 Å². The molecule has 0 aromatic heterocycles. The fourth-order valence-corrected chi connectivity index (χ4v) is 3.41. The summed E-state index contributed by atoms with van der Waals surface area (Å²) in [6.07, 6.45) is 9.56. The number of hydrogen-bond donors (Lipinski definition) is 0. The Morgan fingerprint density at radius 3 is 2.80 bits per heavy atom. The molecule has 138 valence electrons. The Kier molecular flexibility index (Phi) is 8.27. The number of carbonyl (C=O) groups is 2. The number of esters is 1. The normalized spacial score (nSPS) is 21.2. The molecule has 1 fully saturated rings. The van der Waals surface area contributed by atoms with Crippen molar-refractivity contribution in [3.05, 3.63) is 24.8 Å². The van der Waals surface area contributed by atoms with Gasteiger partial charge in [0, 0.05) is 38.3 Å². The van der Waals surface area contributed by atoms with Crippen LogP contribution in [0.3, 0.4) is 0 Å². The summed E-state index contributed by atoms with van der Waals surface area (Å²) in [7, 11) is 0. The van der Waals surface area contributed by atoms with Crippen LogP contribution < -0.4 is 0 Å². The first-order valence-electron chi connectivity index (χ1n) is 8.72. The van der Waals surface area contributed by atoms with Gasteiger partial charge in [0.25, 0.3) is 0 Å². The summed E-state index contributed by atoms with van der Waals surface area (Å²) >= 11 is 0. The number of rotatable bonds is 8. The van der Waals surface area contributed by atoms with E-state index in [1.54, 1.807) is 17.9 Å². The van der Waals surface area contributed by atoms with Gasteiger partial charge < -0.3 is 14.4 Å². The van der Waals surface area contributed by atoms with Gasteiger partial charge in [-0.25, -0.2) is 4.79 Å². The molecule has 2 atom stereocenters. The Labute approximate surface area is 151 Å². The molecular formula is C20H29NO4. The van der Waals surface area contributed by atoms with Crippen molar-refractivity contribution in [2.75, 3.05) is 19.7 Å². The van der Waals surface area contributed by atoms with E-state index in [2.05, 4.69) is 19.1 Å². The quantitative estimate of drug-likeness (QED) is 0.291. The Morgan fingerprint density at radius 1 is 1.52 bits per heavy atom. The van der Waals surface area contributed by atoms with E-state index in [9.17, 15) is 9.59 Å². The average molecular weight is 347 g/mol. The molecule has 2 unspecified atom stereocenters. The Bertz CT molecular complexity index is 548. The van der Waals surface area contributed by atoms with Crippen LogP contribution in [-0.2, 0) is 14.3 Å². The van der Waals surface area contributed by atoms with E-state index in [4.69, 9.17) is 15.9 Å². The second kappa shape index (κ2) is 9.93. The van der Waals surface area contributed by atoms with E-state index in [0.29, 0.717) is 45.4 Å². The van der Waals surface area contributed by atoms with Crippen LogP contribution in [0.4, 0.5) is 4.79 Å². The minimum absolute atomic E-state index is 0.320. The lowest BCUT2D eigenvalue weighted by Crippen LogP contribution is -2.53. The third kappa shape index (κ3) is 5.38. The summed E-state index contributed by atoms with van der Waals surface area (Å²) in [5.41, 5.74) is 0.444. The summed E-state index contributed by atoms with van der Waals surface area (Å²) in [6.45, 7) is 12.5. The van der Waals surface area contributed by atoms with Crippen molar-refractivity contribution in [2.24, 2.45) is 5.41 Å². The molecule has 1 aliphatic heterocycles. The van der Waals surface area contributed by atoms with Gasteiger partial charge in [-0.3, -0.25) is 4.79 Å². The smallest absolute Gasteiger partial charge is 0.409 e. The van der Waals surface area contributed by atoms with Gasteiger partial charge >= 0.3 is 12.1 Å². The first kappa shape index (κ1) is 20.8. The molecule has 1 amide bonds. The summed E-state index contributed by atoms with van der Waals surface area (Å²) < 4.78 is 10.8. The van der Waals surface area contributed by atoms with Crippen molar-refractivity contribution in [3.8, 4) is 12.3 Å². The Balaban J connectivity index is 3.17. The fourth-order valence-electron chi connectivity index (χ4n) is 3.41. The van der Waals surface area contributed by atoms with E-state index in [0.717, 1.165) is 12.0 Å². The molecular weight excluding hydrogens is 318 g/mol. The predicted octanol–water partition coefficient (Wildman–Crippen LogP) is 3.70. The number of ether oxygens (including phenoxy) is 2. The highest BCUT2D eigenvalue weighted by Gasteiger charge is 2.47. The zero-order valence-corrected chi connectivity index (χ0v) is 15.4. The third-order valence-electron chi connectivity index (χ3n) is 4.64. The van der Waals surface area contributed by atoms with Gasteiger partial charge in [0.2, 0.25) is 0 Å². The molecule has 0 spiro atoms. The van der Waals surface area contributed by atoms with Crippen LogP contribution in [0, 0.1) is 17.8 Å². The van der Waals surface area contributed by atoms with Gasteiger partial charge in [-0.2, -0.15) is 0 Å². The molecule has 5 nitrogen and oxygen atoms in total. The molecule has 5 heteroatoms. The fraction of sp³-hybridized carbons (Fsp3) is 0.600. The van der Waals surface area contributed by atoms with Gasteiger partial charge in [-0.1, -0.05) is 18.2 Å². The van der Waals surface area contributed by atoms with Crippen molar-refractivity contribution in [1.29, 1.82) is 0 Å². The molecule has 0 aliphatic carbocycles. The number of hydrogen-bond acceptors (Lipinski definition) is 4. The summed E-state index contributed by atoms with van der Waals surface area (Å²) in [4.78, 5) is 25.6. The Morgan fingerprint density at radius 2 is 2.24 bits per heavy atom. The third-order valence-corrected chi connectivity index (χ3v) is 4.64. The lowest BCUT2D eigenvalue weighted by Gasteiger charge is -2.47. The maximum Gasteiger partial charge on any atom is 0.409 e. The molecule has 1 saturated heterocycles. The lowest BCUT2D eigenvalue weighted by atomic mass is 9.67. The van der Waals surface area contributed by atoms with Crippen LogP contribution in [0.15, 0.2) is 24.8 Å². The van der Waals surface area contributed by atoms with Crippen molar-refractivity contribution in [3.63, 3.8) is 0 Å². The topological polar surface area (TPSA) is 55.8 Å². The maximum atomic E-state index is 12.2. The first-order valence-corrected chi connectivity index (χ1v) is 8.72. The maximum absolute atomic E-state index is 12.2. The minimum atomic E-state index is -0.540. The Hall–Kier alpha value is -2.22. The second-order valence-electron chi connectivity index (χ2n) is 6.31. The highest BCUT2D eigenvalue weighted by atomic mass is 16.6. The van der Waals surface area contributed by atoms with Crippen LogP contribution in [0.25, 0.3) is 0 Å². The molecule has 0 aromatic carbocycles. The number of unbranched alkanes of at least 4 members (excludes halogenated alkanes) is 1. The number of likely N-dealkylation sites (tertiary alicyclic amines) is 1. The van der Waals surface area contributed by atoms with E-state index >= 15 is 0 Å². The molecule has 0 N–H and O–H groups in total. The highest BCUT2D eigenvalue weighted by molar-refractivity contribution is 5.68. The molecule has 0 bridgehead atoms. The monoisotopic (exact) mass is 347 g/mol. The van der Waals surface area contributed by atoms with Crippen LogP contribution in [0.5, 0.6) is 0 Å². The minimum Gasteiger partial charge on any atom is -0.461 e. The molecule has 1 heterocycles. The van der Waals surface area contributed by atoms with Crippen LogP contribution in [-0.4, -0.2) is 42.8 Å². The molecule has 0 radical (unpaired) electrons. The molecule has 0 saturated carbocycles. The van der Waals surface area contributed by atoms with Crippen LogP contribution in [0.2, 0.25) is 0 Å². The largest absolute Gasteiger partial charge is 0.461 e. The zero-order chi connectivity index (χ0) is 18.9. The van der Waals surface area contributed by atoms with Crippen molar-refractivity contribution in [1.82, 2.24) is 4.90 Å². The number of piperidine rings is 1. The average Bonchev–Trinajstić information content (AvgIpc) is 2.56. The van der Waals surface area contributed by atoms with Crippen LogP contribution >= 0.6 is 0 Å². The summed E-state index contributed by atoms with van der Waals surface area (Å²) in [6, 6.07) is 0. The molecule has 1 rings (SSSR count). The van der Waals surface area contributed by atoms with Gasteiger partial charge in [-0.15, -0.1) is 18.9 Å². The van der Waals surface area contributed by atoms with E-state index in [1.165, 1.54) is 6.92 Å². The van der Waals surface area contributed by atoms with Gasteiger partial charge in [0.05, 0.1) is 6.61 Å². The molecule has 1 aliphatic rings. The SMILES string of the molecule is C#CCCCC1(C(CC=C)OC(C)=O)CN(C(=O)OCC)CCC1=C. The van der Waals surface area contributed by atoms with Crippen molar-refractivity contribution >= 4 is 12.1 Å². The van der Waals surface area contributed by atoms with E-state index in [1.807, 2.05) is 0 Å². The van der Waals surface area contributed by atoms with E-state index in [-0.39, 0.29) is 12.1 Å². The number of terminal acetylenes is 1. The van der Waals surface area contributed by atoms with Crippen LogP contribution in [0.1, 0.15) is 46.0 Å². The van der Waals surface area contributed by atoms with E-state index < -0.39 is 11.5 Å². The van der Waals surface area contributed by atoms with Gasteiger partial charge in [0.1, 0.15) is 6.10 Å². The first-order chi connectivity index (χ1) is 11.9. The molecule has 0 aromatic rings. The lowest BCUT2D eigenvalue weighted by molar-refractivity contribution is -0.153. The predicted molar refractivity (Wildman–Crippen MR) is 97.8 cm³/mol. The number of carbonyl (C=O) groups excluding carboxylic acids is 2. The summed E-state index contributed by atoms with van der Waals surface area (Å²) in [5.74, 6) is 2.29. The highest BCUT2D eigenvalue weighted by Crippen LogP contribution is 2.44. The number of nitrogens with zero attached hydrogens (tertiary/aromatic N) is 1. The zero-order valence-electron chi connectivity index (χ0n) is 15.4. The van der Waals surface area contributed by atoms with Crippen molar-refractivity contribution in [2.45, 2.75) is 52.1 Å². The van der Waals surface area contributed by atoms with Crippen molar-refractivity contribution < 1.29 is 19.1 Å². The number of amides is 1. The van der Waals surface area contributed by atoms with Gasteiger partial charge in [-0.05, 0) is 26.2 Å². The second-order valence-corrected chi connectivity index (χ2v) is 6.31. The molecule has 25 heavy (non-hydrogen) atoms.